The molecule has 0 N–H and O–H groups in total. The average Bonchev–Trinajstić information content (AvgIpc) is 3.17. The van der Waals surface area contributed by atoms with Gasteiger partial charge in [-0.3, -0.25) is 9.69 Å². The molecule has 0 bridgehead atoms. The normalized spacial score (nSPS) is 12.2. The molecule has 1 aromatic carbocycles. The van der Waals surface area contributed by atoms with Gasteiger partial charge in [-0.1, -0.05) is 32.0 Å². The fraction of sp³-hybridized carbons (Fsp3) is 0.238. The van der Waals surface area contributed by atoms with Crippen molar-refractivity contribution in [3.8, 4) is 0 Å². The summed E-state index contributed by atoms with van der Waals surface area (Å²) in [6.07, 6.45) is 3.30. The number of amides is 1. The van der Waals surface area contributed by atoms with E-state index in [9.17, 15) is 4.79 Å². The van der Waals surface area contributed by atoms with Gasteiger partial charge in [0.2, 0.25) is 0 Å². The Hall–Kier alpha value is -2.88. The number of pyridine rings is 1. The second-order valence-corrected chi connectivity index (χ2v) is 6.33. The summed E-state index contributed by atoms with van der Waals surface area (Å²) >= 11 is 0. The number of nitrogens with zero attached hydrogens (tertiary/aromatic N) is 2. The molecule has 0 aliphatic rings. The second-order valence-electron chi connectivity index (χ2n) is 6.33. The molecule has 2 aromatic heterocycles. The van der Waals surface area contributed by atoms with Crippen LogP contribution >= 0.6 is 0 Å². The van der Waals surface area contributed by atoms with E-state index >= 15 is 0 Å². The van der Waals surface area contributed by atoms with Crippen LogP contribution in [0.3, 0.4) is 0 Å². The number of hydrogen-bond donors (Lipinski definition) is 0. The first kappa shape index (κ1) is 17.0. The monoisotopic (exact) mass is 334 g/mol. The highest BCUT2D eigenvalue weighted by molar-refractivity contribution is 6.06. The Kier molecular flexibility index (Phi) is 4.98. The minimum atomic E-state index is -0.262. The molecule has 3 aromatic rings. The zero-order valence-electron chi connectivity index (χ0n) is 14.7. The molecule has 0 aliphatic carbocycles. The predicted molar refractivity (Wildman–Crippen MR) is 98.7 cm³/mol. The lowest BCUT2D eigenvalue weighted by molar-refractivity contribution is 0.0974. The number of anilines is 1. The maximum absolute atomic E-state index is 13.2. The Labute approximate surface area is 148 Å². The van der Waals surface area contributed by atoms with E-state index in [1.54, 1.807) is 17.4 Å². The molecule has 0 fully saturated rings. The molecule has 0 unspecified atom stereocenters. The molecule has 0 spiro atoms. The van der Waals surface area contributed by atoms with E-state index in [1.807, 2.05) is 61.5 Å². The first-order chi connectivity index (χ1) is 12.1. The Bertz CT molecular complexity index is 809. The summed E-state index contributed by atoms with van der Waals surface area (Å²) in [5, 5.41) is 0. The van der Waals surface area contributed by atoms with Crippen LogP contribution in [-0.2, 0) is 0 Å². The van der Waals surface area contributed by atoms with Crippen molar-refractivity contribution in [1.29, 1.82) is 0 Å². The highest BCUT2D eigenvalue weighted by Crippen LogP contribution is 2.28. The molecular weight excluding hydrogens is 312 g/mol. The van der Waals surface area contributed by atoms with E-state index in [4.69, 9.17) is 4.42 Å². The van der Waals surface area contributed by atoms with Gasteiger partial charge in [0.15, 0.2) is 0 Å². The van der Waals surface area contributed by atoms with Crippen molar-refractivity contribution in [3.05, 3.63) is 83.9 Å². The van der Waals surface area contributed by atoms with E-state index in [1.165, 1.54) is 5.56 Å². The highest BCUT2D eigenvalue weighted by atomic mass is 16.3. The molecule has 0 saturated carbocycles. The number of carbonyl (C=O) groups excluding carboxylic acids is 1. The molecule has 25 heavy (non-hydrogen) atoms. The molecule has 4 heteroatoms. The number of aromatic nitrogens is 1. The van der Waals surface area contributed by atoms with Crippen molar-refractivity contribution >= 4 is 11.7 Å². The van der Waals surface area contributed by atoms with Gasteiger partial charge in [0, 0.05) is 11.8 Å². The van der Waals surface area contributed by atoms with E-state index in [2.05, 4.69) is 18.8 Å². The van der Waals surface area contributed by atoms with Crippen LogP contribution in [0.1, 0.15) is 54.4 Å². The maximum atomic E-state index is 13.2. The summed E-state index contributed by atoms with van der Waals surface area (Å²) in [4.78, 5) is 19.2. The lowest BCUT2D eigenvalue weighted by Gasteiger charge is -2.27. The lowest BCUT2D eigenvalue weighted by atomic mass is 10.0. The Morgan fingerprint density at radius 1 is 1.00 bits per heavy atom. The molecule has 0 saturated heterocycles. The lowest BCUT2D eigenvalue weighted by Crippen LogP contribution is -2.34. The fourth-order valence-corrected chi connectivity index (χ4v) is 2.78. The summed E-state index contributed by atoms with van der Waals surface area (Å²) in [5.74, 6) is 1.65. The Morgan fingerprint density at radius 3 is 2.32 bits per heavy atom. The van der Waals surface area contributed by atoms with E-state index < -0.39 is 0 Å². The molecule has 1 amide bonds. The number of hydrogen-bond acceptors (Lipinski definition) is 3. The zero-order chi connectivity index (χ0) is 17.8. The van der Waals surface area contributed by atoms with Gasteiger partial charge in [-0.15, -0.1) is 0 Å². The van der Waals surface area contributed by atoms with Crippen LogP contribution in [0.4, 0.5) is 5.82 Å². The van der Waals surface area contributed by atoms with Crippen LogP contribution < -0.4 is 4.90 Å². The summed E-state index contributed by atoms with van der Waals surface area (Å²) in [6.45, 7) is 6.21. The molecule has 128 valence electrons. The van der Waals surface area contributed by atoms with Crippen molar-refractivity contribution in [2.45, 2.75) is 32.7 Å². The summed E-state index contributed by atoms with van der Waals surface area (Å²) < 4.78 is 5.51. The molecule has 0 aliphatic heterocycles. The van der Waals surface area contributed by atoms with Gasteiger partial charge in [-0.05, 0) is 54.8 Å². The van der Waals surface area contributed by atoms with Crippen LogP contribution in [0.5, 0.6) is 0 Å². The van der Waals surface area contributed by atoms with Gasteiger partial charge in [-0.2, -0.15) is 0 Å². The van der Waals surface area contributed by atoms with Crippen LogP contribution in [0.15, 0.2) is 71.5 Å². The number of furan rings is 1. The highest BCUT2D eigenvalue weighted by Gasteiger charge is 2.27. The smallest absolute Gasteiger partial charge is 0.260 e. The van der Waals surface area contributed by atoms with E-state index in [-0.39, 0.29) is 11.9 Å². The molecule has 0 radical (unpaired) electrons. The summed E-state index contributed by atoms with van der Waals surface area (Å²) in [7, 11) is 0. The minimum Gasteiger partial charge on any atom is -0.467 e. The number of rotatable bonds is 5. The summed E-state index contributed by atoms with van der Waals surface area (Å²) in [5.41, 5.74) is 1.84. The Balaban J connectivity index is 1.97. The topological polar surface area (TPSA) is 46.3 Å². The van der Waals surface area contributed by atoms with Crippen molar-refractivity contribution in [1.82, 2.24) is 4.98 Å². The Morgan fingerprint density at radius 2 is 1.76 bits per heavy atom. The standard InChI is InChI=1S/C21H22N2O2/c1-15(2)17-9-11-18(12-10-17)21(24)23(20-8-4-5-13-22-20)16(3)19-7-6-14-25-19/h4-16H,1-3H3/t16-/m1/s1. The van der Waals surface area contributed by atoms with Crippen molar-refractivity contribution in [2.24, 2.45) is 0 Å². The van der Waals surface area contributed by atoms with Gasteiger partial charge in [-0.25, -0.2) is 4.98 Å². The van der Waals surface area contributed by atoms with Crippen LogP contribution in [0.25, 0.3) is 0 Å². The van der Waals surface area contributed by atoms with Crippen molar-refractivity contribution in [3.63, 3.8) is 0 Å². The maximum Gasteiger partial charge on any atom is 0.260 e. The van der Waals surface area contributed by atoms with Gasteiger partial charge in [0.1, 0.15) is 11.6 Å². The largest absolute Gasteiger partial charge is 0.467 e. The first-order valence-electron chi connectivity index (χ1n) is 8.46. The quantitative estimate of drug-likeness (QED) is 0.644. The van der Waals surface area contributed by atoms with Crippen molar-refractivity contribution in [2.75, 3.05) is 4.90 Å². The molecule has 3 rings (SSSR count). The number of carbonyl (C=O) groups is 1. The van der Waals surface area contributed by atoms with Gasteiger partial charge in [0.25, 0.3) is 5.91 Å². The third-order valence-corrected chi connectivity index (χ3v) is 4.28. The molecule has 2 heterocycles. The van der Waals surface area contributed by atoms with Gasteiger partial charge >= 0.3 is 0 Å². The molecule has 4 nitrogen and oxygen atoms in total. The van der Waals surface area contributed by atoms with Crippen molar-refractivity contribution < 1.29 is 9.21 Å². The SMILES string of the molecule is CC(C)c1ccc(C(=O)N(c2ccccn2)[C@H](C)c2ccco2)cc1. The third-order valence-electron chi connectivity index (χ3n) is 4.28. The molecular formula is C21H22N2O2. The van der Waals surface area contributed by atoms with Gasteiger partial charge < -0.3 is 4.42 Å². The van der Waals surface area contributed by atoms with Gasteiger partial charge in [0.05, 0.1) is 12.3 Å². The fourth-order valence-electron chi connectivity index (χ4n) is 2.78. The summed E-state index contributed by atoms with van der Waals surface area (Å²) in [6, 6.07) is 16.7. The number of benzene rings is 1. The molecule has 1 atom stereocenters. The second kappa shape index (κ2) is 7.34. The third kappa shape index (κ3) is 3.63. The van der Waals surface area contributed by atoms with Crippen LogP contribution in [0, 0.1) is 0 Å². The van der Waals surface area contributed by atoms with E-state index in [0.29, 0.717) is 17.3 Å². The zero-order valence-corrected chi connectivity index (χ0v) is 14.7. The van der Waals surface area contributed by atoms with E-state index in [0.717, 1.165) is 5.76 Å². The van der Waals surface area contributed by atoms with Crippen LogP contribution in [-0.4, -0.2) is 10.9 Å². The van der Waals surface area contributed by atoms with Crippen LogP contribution in [0.2, 0.25) is 0 Å². The first-order valence-corrected chi connectivity index (χ1v) is 8.46. The average molecular weight is 334 g/mol. The minimum absolute atomic E-state index is 0.0992. The predicted octanol–water partition coefficient (Wildman–Crippen LogP) is 5.21.